The summed E-state index contributed by atoms with van der Waals surface area (Å²) in [7, 11) is 0. The summed E-state index contributed by atoms with van der Waals surface area (Å²) >= 11 is 1.92. The maximum atomic E-state index is 10.9. The van der Waals surface area contributed by atoms with Gasteiger partial charge < -0.3 is 5.11 Å². The summed E-state index contributed by atoms with van der Waals surface area (Å²) in [5, 5.41) is 26.6. The van der Waals surface area contributed by atoms with Crippen molar-refractivity contribution in [2.75, 3.05) is 5.32 Å². The van der Waals surface area contributed by atoms with Crippen molar-refractivity contribution >= 4 is 51.2 Å². The Labute approximate surface area is 141 Å². The minimum absolute atomic E-state index is 0.0842. The van der Waals surface area contributed by atoms with Crippen molar-refractivity contribution in [2.45, 2.75) is 0 Å². The first-order valence-corrected chi connectivity index (χ1v) is 7.19. The first-order chi connectivity index (χ1) is 11.0. The highest BCUT2D eigenvalue weighted by molar-refractivity contribution is 14.1. The number of benzene rings is 1. The van der Waals surface area contributed by atoms with Gasteiger partial charge in [-0.15, -0.1) is 0 Å². The quantitative estimate of drug-likeness (QED) is 0.373. The zero-order chi connectivity index (χ0) is 16.6. The van der Waals surface area contributed by atoms with Crippen molar-refractivity contribution in [2.24, 2.45) is 0 Å². The number of fused-ring (bicyclic) bond motifs is 1. The number of carboxylic acid groups (broad SMARTS) is 1. The molecule has 0 aliphatic heterocycles. The fourth-order valence-corrected chi connectivity index (χ4v) is 2.74. The average molecular weight is 426 g/mol. The van der Waals surface area contributed by atoms with Crippen LogP contribution in [0.3, 0.4) is 0 Å². The van der Waals surface area contributed by atoms with Gasteiger partial charge in [0.05, 0.1) is 16.0 Å². The summed E-state index contributed by atoms with van der Waals surface area (Å²) < 4.78 is 1.87. The van der Waals surface area contributed by atoms with Crippen LogP contribution in [0, 0.1) is 13.8 Å². The number of non-ortho nitro benzene ring substituents is 1. The van der Waals surface area contributed by atoms with Crippen LogP contribution < -0.4 is 5.32 Å². The molecule has 11 heteroatoms. The molecule has 2 aromatic heterocycles. The SMILES string of the molecule is O=C(O)Nc1ncnc2c1c(I)nn2-c1cccc([N+](=O)[O-])c1. The average Bonchev–Trinajstić information content (AvgIpc) is 2.85. The minimum atomic E-state index is -1.26. The molecule has 0 fully saturated rings. The maximum absolute atomic E-state index is 10.9. The number of nitro groups is 1. The Bertz CT molecular complexity index is 940. The van der Waals surface area contributed by atoms with Crippen LogP contribution >= 0.6 is 22.6 Å². The van der Waals surface area contributed by atoms with E-state index in [9.17, 15) is 14.9 Å². The van der Waals surface area contributed by atoms with E-state index in [-0.39, 0.29) is 11.5 Å². The molecule has 116 valence electrons. The maximum Gasteiger partial charge on any atom is 0.410 e. The van der Waals surface area contributed by atoms with E-state index in [1.165, 1.54) is 29.2 Å². The molecule has 0 bridgehead atoms. The van der Waals surface area contributed by atoms with Crippen molar-refractivity contribution in [1.82, 2.24) is 19.7 Å². The van der Waals surface area contributed by atoms with E-state index in [1.54, 1.807) is 6.07 Å². The first-order valence-electron chi connectivity index (χ1n) is 6.11. The lowest BCUT2D eigenvalue weighted by Crippen LogP contribution is -2.09. The molecule has 3 rings (SSSR count). The Morgan fingerprint density at radius 3 is 2.87 bits per heavy atom. The van der Waals surface area contributed by atoms with Gasteiger partial charge in [-0.25, -0.2) is 19.4 Å². The number of amides is 1. The second-order valence-corrected chi connectivity index (χ2v) is 5.35. The van der Waals surface area contributed by atoms with E-state index >= 15 is 0 Å². The number of rotatable bonds is 3. The number of anilines is 1. The minimum Gasteiger partial charge on any atom is -0.465 e. The number of nitrogens with zero attached hydrogens (tertiary/aromatic N) is 5. The van der Waals surface area contributed by atoms with Gasteiger partial charge in [0.2, 0.25) is 0 Å². The standard InChI is InChI=1S/C12H7IN6O4/c13-9-8-10(16-12(20)21)14-5-15-11(8)18(17-9)6-2-1-3-7(4-6)19(22)23/h1-5H,(H,20,21)(H,14,15,16). The molecule has 0 saturated heterocycles. The van der Waals surface area contributed by atoms with Gasteiger partial charge in [-0.3, -0.25) is 15.4 Å². The molecule has 0 saturated carbocycles. The van der Waals surface area contributed by atoms with Gasteiger partial charge in [0.1, 0.15) is 10.0 Å². The predicted octanol–water partition coefficient (Wildman–Crippen LogP) is 2.42. The van der Waals surface area contributed by atoms with Crippen LogP contribution in [0.15, 0.2) is 30.6 Å². The smallest absolute Gasteiger partial charge is 0.410 e. The van der Waals surface area contributed by atoms with Crippen molar-refractivity contribution in [3.8, 4) is 5.69 Å². The molecule has 23 heavy (non-hydrogen) atoms. The van der Waals surface area contributed by atoms with Crippen molar-refractivity contribution in [1.29, 1.82) is 0 Å². The van der Waals surface area contributed by atoms with Gasteiger partial charge >= 0.3 is 6.09 Å². The molecule has 2 heterocycles. The number of nitro benzene ring substituents is 1. The van der Waals surface area contributed by atoms with Crippen LogP contribution in [-0.4, -0.2) is 35.9 Å². The number of hydrogen-bond acceptors (Lipinski definition) is 6. The van der Waals surface area contributed by atoms with Crippen LogP contribution in [-0.2, 0) is 0 Å². The number of carbonyl (C=O) groups is 1. The van der Waals surface area contributed by atoms with Crippen molar-refractivity contribution < 1.29 is 14.8 Å². The van der Waals surface area contributed by atoms with Gasteiger partial charge in [0, 0.05) is 12.1 Å². The second-order valence-electron chi connectivity index (χ2n) is 4.33. The van der Waals surface area contributed by atoms with Crippen LogP contribution in [0.5, 0.6) is 0 Å². The Morgan fingerprint density at radius 1 is 1.39 bits per heavy atom. The molecule has 3 aromatic rings. The van der Waals surface area contributed by atoms with Crippen LogP contribution in [0.4, 0.5) is 16.3 Å². The fraction of sp³-hybridized carbons (Fsp3) is 0. The van der Waals surface area contributed by atoms with Gasteiger partial charge in [0.25, 0.3) is 5.69 Å². The molecule has 1 aromatic carbocycles. The highest BCUT2D eigenvalue weighted by Gasteiger charge is 2.18. The Hall–Kier alpha value is -2.83. The summed E-state index contributed by atoms with van der Waals surface area (Å²) in [6.45, 7) is 0. The van der Waals surface area contributed by atoms with Gasteiger partial charge in [-0.05, 0) is 28.7 Å². The van der Waals surface area contributed by atoms with Gasteiger partial charge in [-0.2, -0.15) is 5.10 Å². The normalized spacial score (nSPS) is 10.7. The first kappa shape index (κ1) is 15.1. The van der Waals surface area contributed by atoms with E-state index in [0.29, 0.717) is 20.4 Å². The number of halogens is 1. The Balaban J connectivity index is 2.22. The van der Waals surface area contributed by atoms with Crippen LogP contribution in [0.2, 0.25) is 0 Å². The molecule has 1 amide bonds. The molecule has 0 atom stereocenters. The van der Waals surface area contributed by atoms with Gasteiger partial charge in [-0.1, -0.05) is 6.07 Å². The van der Waals surface area contributed by atoms with E-state index < -0.39 is 11.0 Å². The Kier molecular flexibility index (Phi) is 3.77. The number of nitrogens with one attached hydrogen (secondary N) is 1. The summed E-state index contributed by atoms with van der Waals surface area (Å²) in [6.07, 6.45) is -0.0666. The summed E-state index contributed by atoms with van der Waals surface area (Å²) in [5.41, 5.74) is 0.694. The monoisotopic (exact) mass is 426 g/mol. The molecule has 10 nitrogen and oxygen atoms in total. The molecule has 0 unspecified atom stereocenters. The van der Waals surface area contributed by atoms with Crippen molar-refractivity contribution in [3.05, 3.63) is 44.4 Å². The van der Waals surface area contributed by atoms with E-state index in [4.69, 9.17) is 5.11 Å². The molecular weight excluding hydrogens is 419 g/mol. The molecule has 0 aliphatic rings. The lowest BCUT2D eigenvalue weighted by Gasteiger charge is -2.03. The summed E-state index contributed by atoms with van der Waals surface area (Å²) in [4.78, 5) is 29.2. The highest BCUT2D eigenvalue weighted by atomic mass is 127. The molecule has 2 N–H and O–H groups in total. The fourth-order valence-electron chi connectivity index (χ4n) is 2.03. The molecule has 0 radical (unpaired) electrons. The topological polar surface area (TPSA) is 136 Å². The second kappa shape index (κ2) is 5.75. The molecular formula is C12H7IN6O4. The van der Waals surface area contributed by atoms with Crippen LogP contribution in [0.1, 0.15) is 0 Å². The van der Waals surface area contributed by atoms with Crippen molar-refractivity contribution in [3.63, 3.8) is 0 Å². The third kappa shape index (κ3) is 2.77. The van der Waals surface area contributed by atoms with E-state index in [0.717, 1.165) is 0 Å². The Morgan fingerprint density at radius 2 is 2.17 bits per heavy atom. The summed E-state index contributed by atoms with van der Waals surface area (Å²) in [6, 6.07) is 5.90. The lowest BCUT2D eigenvalue weighted by atomic mass is 10.3. The van der Waals surface area contributed by atoms with E-state index in [1.807, 2.05) is 22.6 Å². The molecule has 0 aliphatic carbocycles. The number of aromatic nitrogens is 4. The third-order valence-corrected chi connectivity index (χ3v) is 3.69. The highest BCUT2D eigenvalue weighted by Crippen LogP contribution is 2.27. The molecule has 0 spiro atoms. The predicted molar refractivity (Wildman–Crippen MR) is 87.7 cm³/mol. The zero-order valence-corrected chi connectivity index (χ0v) is 13.3. The van der Waals surface area contributed by atoms with Crippen LogP contribution in [0.25, 0.3) is 16.7 Å². The largest absolute Gasteiger partial charge is 0.465 e. The summed E-state index contributed by atoms with van der Waals surface area (Å²) in [5.74, 6) is 0.101. The lowest BCUT2D eigenvalue weighted by molar-refractivity contribution is -0.384. The van der Waals surface area contributed by atoms with E-state index in [2.05, 4.69) is 20.4 Å². The number of hydrogen-bond donors (Lipinski definition) is 2. The zero-order valence-electron chi connectivity index (χ0n) is 11.2. The van der Waals surface area contributed by atoms with Gasteiger partial charge in [0.15, 0.2) is 11.5 Å². The third-order valence-electron chi connectivity index (χ3n) is 2.93.